The van der Waals surface area contributed by atoms with Crippen LogP contribution in [0.5, 0.6) is 5.75 Å². The van der Waals surface area contributed by atoms with Crippen molar-refractivity contribution >= 4 is 26.8 Å². The van der Waals surface area contributed by atoms with Gasteiger partial charge in [0.2, 0.25) is 0 Å². The predicted octanol–water partition coefficient (Wildman–Crippen LogP) is 5.79. The van der Waals surface area contributed by atoms with Crippen molar-refractivity contribution in [3.05, 3.63) is 63.8 Å². The highest BCUT2D eigenvalue weighted by Gasteiger charge is 2.11. The van der Waals surface area contributed by atoms with Gasteiger partial charge < -0.3 is 9.30 Å². The zero-order valence-electron chi connectivity index (χ0n) is 14.7. The molecule has 0 N–H and O–H groups in total. The first-order valence-corrected chi connectivity index (χ1v) is 9.20. The van der Waals surface area contributed by atoms with Gasteiger partial charge in [0.15, 0.2) is 0 Å². The molecule has 0 fully saturated rings. The van der Waals surface area contributed by atoms with Crippen LogP contribution in [-0.2, 0) is 6.54 Å². The van der Waals surface area contributed by atoms with E-state index in [9.17, 15) is 5.26 Å². The summed E-state index contributed by atoms with van der Waals surface area (Å²) >= 11 is 3.47. The number of rotatable bonds is 5. The van der Waals surface area contributed by atoms with Crippen LogP contribution in [-0.4, -0.2) is 11.2 Å². The van der Waals surface area contributed by atoms with Gasteiger partial charge >= 0.3 is 0 Å². The molecule has 0 bridgehead atoms. The molecule has 0 atom stereocenters. The number of aromatic nitrogens is 1. The lowest BCUT2D eigenvalue weighted by Crippen LogP contribution is -2.09. The van der Waals surface area contributed by atoms with Crippen molar-refractivity contribution in [2.24, 2.45) is 0 Å². The summed E-state index contributed by atoms with van der Waals surface area (Å²) < 4.78 is 9.15. The van der Waals surface area contributed by atoms with Gasteiger partial charge in [-0.05, 0) is 48.2 Å². The minimum Gasteiger partial charge on any atom is -0.491 e. The van der Waals surface area contributed by atoms with Gasteiger partial charge in [-0.15, -0.1) is 0 Å². The molecule has 0 spiro atoms. The second kappa shape index (κ2) is 7.33. The summed E-state index contributed by atoms with van der Waals surface area (Å²) in [6.45, 7) is 7.69. The summed E-state index contributed by atoms with van der Waals surface area (Å²) in [4.78, 5) is 0. The van der Waals surface area contributed by atoms with Crippen molar-refractivity contribution in [3.63, 3.8) is 0 Å². The number of benzene rings is 2. The maximum atomic E-state index is 9.36. The first-order chi connectivity index (χ1) is 12.0. The molecule has 128 valence electrons. The Morgan fingerprint density at radius 3 is 2.72 bits per heavy atom. The Labute approximate surface area is 157 Å². The molecular formula is C21H21BrN2O. The lowest BCUT2D eigenvalue weighted by Gasteiger charge is -2.15. The Balaban J connectivity index is 1.81. The van der Waals surface area contributed by atoms with E-state index in [4.69, 9.17) is 4.74 Å². The summed E-state index contributed by atoms with van der Waals surface area (Å²) in [5.74, 6) is 1.38. The third kappa shape index (κ3) is 3.72. The molecule has 0 unspecified atom stereocenters. The SMILES string of the molecule is Cc1ccc(C(C)C)c(OCCn2cc(C#N)c3cc(Br)ccc32)c1. The fourth-order valence-corrected chi connectivity index (χ4v) is 3.40. The van der Waals surface area contributed by atoms with Crippen LogP contribution in [0.4, 0.5) is 0 Å². The summed E-state index contributed by atoms with van der Waals surface area (Å²) in [7, 11) is 0. The molecule has 3 nitrogen and oxygen atoms in total. The molecule has 0 aliphatic carbocycles. The number of fused-ring (bicyclic) bond motifs is 1. The molecule has 0 aliphatic rings. The zero-order valence-corrected chi connectivity index (χ0v) is 16.3. The van der Waals surface area contributed by atoms with E-state index in [0.29, 0.717) is 24.6 Å². The molecule has 3 rings (SSSR count). The standard InChI is InChI=1S/C21H21BrN2O/c1-14(2)18-6-4-15(3)10-21(18)25-9-8-24-13-16(12-23)19-11-17(22)5-7-20(19)24/h4-7,10-11,13-14H,8-9H2,1-3H3. The van der Waals surface area contributed by atoms with E-state index in [1.54, 1.807) is 0 Å². The lowest BCUT2D eigenvalue weighted by atomic mass is 10.0. The number of halogens is 1. The highest BCUT2D eigenvalue weighted by molar-refractivity contribution is 9.10. The monoisotopic (exact) mass is 396 g/mol. The van der Waals surface area contributed by atoms with Crippen molar-refractivity contribution in [2.75, 3.05) is 6.61 Å². The third-order valence-corrected chi connectivity index (χ3v) is 4.84. The molecule has 4 heteroatoms. The molecule has 0 saturated carbocycles. The minimum absolute atomic E-state index is 0.422. The Morgan fingerprint density at radius 2 is 2.00 bits per heavy atom. The number of hydrogen-bond donors (Lipinski definition) is 0. The normalized spacial score (nSPS) is 11.0. The average molecular weight is 397 g/mol. The van der Waals surface area contributed by atoms with Crippen LogP contribution in [0.3, 0.4) is 0 Å². The number of nitriles is 1. The second-order valence-corrected chi connectivity index (χ2v) is 7.47. The van der Waals surface area contributed by atoms with Crippen molar-refractivity contribution in [1.82, 2.24) is 4.57 Å². The van der Waals surface area contributed by atoms with Crippen molar-refractivity contribution in [2.45, 2.75) is 33.2 Å². The summed E-state index contributed by atoms with van der Waals surface area (Å²) in [6, 6.07) is 14.7. The van der Waals surface area contributed by atoms with E-state index in [2.05, 4.69) is 65.5 Å². The van der Waals surface area contributed by atoms with Crippen LogP contribution in [0, 0.1) is 18.3 Å². The van der Waals surface area contributed by atoms with Gasteiger partial charge in [0.25, 0.3) is 0 Å². The molecule has 0 radical (unpaired) electrons. The maximum absolute atomic E-state index is 9.36. The van der Waals surface area contributed by atoms with E-state index < -0.39 is 0 Å². The molecule has 0 aliphatic heterocycles. The van der Waals surface area contributed by atoms with Gasteiger partial charge in [-0.3, -0.25) is 0 Å². The minimum atomic E-state index is 0.422. The Bertz CT molecular complexity index is 950. The van der Waals surface area contributed by atoms with Crippen molar-refractivity contribution in [1.29, 1.82) is 5.26 Å². The van der Waals surface area contributed by atoms with E-state index >= 15 is 0 Å². The molecule has 1 aromatic heterocycles. The molecule has 3 aromatic rings. The smallest absolute Gasteiger partial charge is 0.123 e. The van der Waals surface area contributed by atoms with Crippen LogP contribution < -0.4 is 4.74 Å². The Kier molecular flexibility index (Phi) is 5.15. The van der Waals surface area contributed by atoms with Crippen LogP contribution in [0.2, 0.25) is 0 Å². The number of hydrogen-bond acceptors (Lipinski definition) is 2. The van der Waals surface area contributed by atoms with Gasteiger partial charge in [-0.1, -0.05) is 41.9 Å². The highest BCUT2D eigenvalue weighted by Crippen LogP contribution is 2.28. The molecule has 0 amide bonds. The molecule has 1 heterocycles. The summed E-state index contributed by atoms with van der Waals surface area (Å²) in [5.41, 5.74) is 4.17. The second-order valence-electron chi connectivity index (χ2n) is 6.55. The first kappa shape index (κ1) is 17.6. The highest BCUT2D eigenvalue weighted by atomic mass is 79.9. The van der Waals surface area contributed by atoms with Gasteiger partial charge in [-0.25, -0.2) is 0 Å². The Morgan fingerprint density at radius 1 is 1.20 bits per heavy atom. The van der Waals surface area contributed by atoms with Gasteiger partial charge in [0, 0.05) is 21.6 Å². The predicted molar refractivity (Wildman–Crippen MR) is 105 cm³/mol. The average Bonchev–Trinajstić information content (AvgIpc) is 2.91. The van der Waals surface area contributed by atoms with Crippen molar-refractivity contribution < 1.29 is 4.74 Å². The van der Waals surface area contributed by atoms with E-state index in [1.807, 2.05) is 24.4 Å². The van der Waals surface area contributed by atoms with E-state index in [1.165, 1.54) is 11.1 Å². The fraction of sp³-hybridized carbons (Fsp3) is 0.286. The number of ether oxygens (including phenoxy) is 1. The van der Waals surface area contributed by atoms with Crippen LogP contribution in [0.1, 0.15) is 36.5 Å². The van der Waals surface area contributed by atoms with Gasteiger partial charge in [0.05, 0.1) is 12.1 Å². The Hall–Kier alpha value is -2.25. The van der Waals surface area contributed by atoms with Crippen molar-refractivity contribution in [3.8, 4) is 11.8 Å². The molecule has 2 aromatic carbocycles. The lowest BCUT2D eigenvalue weighted by molar-refractivity contribution is 0.296. The van der Waals surface area contributed by atoms with Crippen LogP contribution in [0.15, 0.2) is 47.1 Å². The number of aryl methyl sites for hydroxylation is 1. The van der Waals surface area contributed by atoms with E-state index in [-0.39, 0.29) is 0 Å². The van der Waals surface area contributed by atoms with Crippen LogP contribution in [0.25, 0.3) is 10.9 Å². The molecule has 25 heavy (non-hydrogen) atoms. The fourth-order valence-electron chi connectivity index (χ4n) is 3.04. The first-order valence-electron chi connectivity index (χ1n) is 8.41. The quantitative estimate of drug-likeness (QED) is 0.547. The zero-order chi connectivity index (χ0) is 18.0. The van der Waals surface area contributed by atoms with E-state index in [0.717, 1.165) is 21.1 Å². The topological polar surface area (TPSA) is 38.0 Å². The number of nitrogens with zero attached hydrogens (tertiary/aromatic N) is 2. The summed E-state index contributed by atoms with van der Waals surface area (Å²) in [5, 5.41) is 10.3. The maximum Gasteiger partial charge on any atom is 0.123 e. The van der Waals surface area contributed by atoms with Crippen LogP contribution >= 0.6 is 15.9 Å². The molecule has 0 saturated heterocycles. The molecular weight excluding hydrogens is 376 g/mol. The van der Waals surface area contributed by atoms with Gasteiger partial charge in [0.1, 0.15) is 18.4 Å². The van der Waals surface area contributed by atoms with Gasteiger partial charge in [-0.2, -0.15) is 5.26 Å². The third-order valence-electron chi connectivity index (χ3n) is 4.34. The summed E-state index contributed by atoms with van der Waals surface area (Å²) in [6.07, 6.45) is 1.90. The largest absolute Gasteiger partial charge is 0.491 e.